The number of amides is 1. The van der Waals surface area contributed by atoms with Crippen LogP contribution in [0.25, 0.3) is 5.69 Å². The molecule has 3 aromatic rings. The number of benzene rings is 2. The van der Waals surface area contributed by atoms with Crippen molar-refractivity contribution in [1.29, 1.82) is 0 Å². The van der Waals surface area contributed by atoms with E-state index in [2.05, 4.69) is 15.5 Å². The molecule has 27 heavy (non-hydrogen) atoms. The second kappa shape index (κ2) is 8.52. The maximum absolute atomic E-state index is 12.3. The Balaban J connectivity index is 1.74. The van der Waals surface area contributed by atoms with E-state index in [1.807, 2.05) is 42.7 Å². The zero-order valence-corrected chi connectivity index (χ0v) is 17.5. The smallest absolute Gasteiger partial charge is 0.234 e. The molecular formula is C18H15Cl3N4OS. The van der Waals surface area contributed by atoms with Gasteiger partial charge in [-0.2, -0.15) is 0 Å². The molecule has 5 nitrogen and oxygen atoms in total. The third kappa shape index (κ3) is 4.58. The monoisotopic (exact) mass is 440 g/mol. The van der Waals surface area contributed by atoms with Gasteiger partial charge in [0.2, 0.25) is 5.91 Å². The van der Waals surface area contributed by atoms with Crippen molar-refractivity contribution in [3.05, 3.63) is 62.9 Å². The molecule has 1 N–H and O–H groups in total. The van der Waals surface area contributed by atoms with Gasteiger partial charge in [0.1, 0.15) is 5.82 Å². The molecule has 1 amide bonds. The molecule has 2 aromatic carbocycles. The fourth-order valence-electron chi connectivity index (χ4n) is 2.46. The molecule has 0 unspecified atom stereocenters. The second-order valence-electron chi connectivity index (χ2n) is 5.73. The highest BCUT2D eigenvalue weighted by Gasteiger charge is 2.15. The van der Waals surface area contributed by atoms with Crippen LogP contribution in [0.4, 0.5) is 5.69 Å². The number of carbonyl (C=O) groups excluding carboxylic acids is 1. The highest BCUT2D eigenvalue weighted by molar-refractivity contribution is 7.99. The van der Waals surface area contributed by atoms with Crippen molar-refractivity contribution < 1.29 is 4.79 Å². The minimum Gasteiger partial charge on any atom is -0.324 e. The SMILES string of the molecule is Cc1ccccc1-n1c(C)nnc1SCC(=O)Nc1cc(Cl)c(Cl)cc1Cl. The first-order valence-corrected chi connectivity index (χ1v) is 10.0. The second-order valence-corrected chi connectivity index (χ2v) is 7.90. The fourth-order valence-corrected chi connectivity index (χ4v) is 3.85. The van der Waals surface area contributed by atoms with Crippen LogP contribution in [-0.4, -0.2) is 26.4 Å². The Hall–Kier alpha value is -1.73. The lowest BCUT2D eigenvalue weighted by molar-refractivity contribution is -0.113. The van der Waals surface area contributed by atoms with Gasteiger partial charge in [0.15, 0.2) is 5.16 Å². The van der Waals surface area contributed by atoms with Crippen LogP contribution in [0, 0.1) is 13.8 Å². The molecule has 0 bridgehead atoms. The Labute approximate surface area is 176 Å². The minimum atomic E-state index is -0.239. The van der Waals surface area contributed by atoms with Gasteiger partial charge in [-0.15, -0.1) is 10.2 Å². The third-order valence-electron chi connectivity index (χ3n) is 3.77. The van der Waals surface area contributed by atoms with E-state index < -0.39 is 0 Å². The van der Waals surface area contributed by atoms with Crippen molar-refractivity contribution in [2.24, 2.45) is 0 Å². The first-order valence-electron chi connectivity index (χ1n) is 7.92. The fraction of sp³-hybridized carbons (Fsp3) is 0.167. The summed E-state index contributed by atoms with van der Waals surface area (Å²) < 4.78 is 1.93. The van der Waals surface area contributed by atoms with Gasteiger partial charge in [-0.3, -0.25) is 9.36 Å². The van der Waals surface area contributed by atoms with Gasteiger partial charge < -0.3 is 5.32 Å². The summed E-state index contributed by atoms with van der Waals surface area (Å²) in [5.41, 5.74) is 2.48. The summed E-state index contributed by atoms with van der Waals surface area (Å²) in [6, 6.07) is 10.9. The summed E-state index contributed by atoms with van der Waals surface area (Å²) in [7, 11) is 0. The van der Waals surface area contributed by atoms with E-state index >= 15 is 0 Å². The Morgan fingerprint density at radius 2 is 1.78 bits per heavy atom. The highest BCUT2D eigenvalue weighted by Crippen LogP contribution is 2.32. The first-order chi connectivity index (χ1) is 12.9. The normalized spacial score (nSPS) is 10.9. The number of nitrogens with zero attached hydrogens (tertiary/aromatic N) is 3. The van der Waals surface area contributed by atoms with Crippen LogP contribution in [0.15, 0.2) is 41.6 Å². The summed E-state index contributed by atoms with van der Waals surface area (Å²) >= 11 is 19.3. The summed E-state index contributed by atoms with van der Waals surface area (Å²) in [6.45, 7) is 3.89. The maximum Gasteiger partial charge on any atom is 0.234 e. The summed E-state index contributed by atoms with van der Waals surface area (Å²) in [5.74, 6) is 0.651. The molecule has 0 aliphatic rings. The predicted octanol–water partition coefficient (Wildman–Crippen LogP) is 5.58. The summed E-state index contributed by atoms with van der Waals surface area (Å²) in [4.78, 5) is 12.3. The van der Waals surface area contributed by atoms with Crippen LogP contribution in [0.3, 0.4) is 0 Å². The number of para-hydroxylation sites is 1. The number of aryl methyl sites for hydroxylation is 2. The average Bonchev–Trinajstić information content (AvgIpc) is 2.99. The quantitative estimate of drug-likeness (QED) is 0.415. The van der Waals surface area contributed by atoms with Crippen LogP contribution in [-0.2, 0) is 4.79 Å². The molecule has 0 aliphatic heterocycles. The lowest BCUT2D eigenvalue weighted by atomic mass is 10.2. The van der Waals surface area contributed by atoms with E-state index in [1.54, 1.807) is 0 Å². The number of thioether (sulfide) groups is 1. The molecule has 1 aromatic heterocycles. The number of rotatable bonds is 5. The predicted molar refractivity (Wildman–Crippen MR) is 112 cm³/mol. The van der Waals surface area contributed by atoms with Crippen LogP contribution < -0.4 is 5.32 Å². The van der Waals surface area contributed by atoms with Crippen molar-refractivity contribution in [3.8, 4) is 5.69 Å². The van der Waals surface area contributed by atoms with Gasteiger partial charge in [-0.25, -0.2) is 0 Å². The summed E-state index contributed by atoms with van der Waals surface area (Å²) in [6.07, 6.45) is 0. The van der Waals surface area contributed by atoms with Gasteiger partial charge in [0.05, 0.1) is 32.2 Å². The van der Waals surface area contributed by atoms with Gasteiger partial charge in [-0.05, 0) is 37.6 Å². The van der Waals surface area contributed by atoms with Crippen LogP contribution in [0.5, 0.6) is 0 Å². The standard InChI is InChI=1S/C18H15Cl3N4OS/c1-10-5-3-4-6-16(10)25-11(2)23-24-18(25)27-9-17(26)22-15-8-13(20)12(19)7-14(15)21/h3-8H,9H2,1-2H3,(H,22,26). The number of nitrogens with one attached hydrogen (secondary N) is 1. The Morgan fingerprint density at radius 1 is 1.07 bits per heavy atom. The molecule has 0 fully saturated rings. The van der Waals surface area contributed by atoms with Crippen molar-refractivity contribution in [1.82, 2.24) is 14.8 Å². The Kier molecular flexibility index (Phi) is 6.32. The molecule has 0 radical (unpaired) electrons. The largest absolute Gasteiger partial charge is 0.324 e. The van der Waals surface area contributed by atoms with E-state index in [0.717, 1.165) is 17.1 Å². The summed E-state index contributed by atoms with van der Waals surface area (Å²) in [5, 5.41) is 12.7. The molecule has 0 spiro atoms. The molecule has 3 rings (SSSR count). The number of halogens is 3. The van der Waals surface area contributed by atoms with Gasteiger partial charge in [0.25, 0.3) is 0 Å². The molecular weight excluding hydrogens is 427 g/mol. The topological polar surface area (TPSA) is 59.8 Å². The Bertz CT molecular complexity index is 1010. The highest BCUT2D eigenvalue weighted by atomic mass is 35.5. The van der Waals surface area contributed by atoms with Gasteiger partial charge >= 0.3 is 0 Å². The molecule has 9 heteroatoms. The molecule has 0 aliphatic carbocycles. The van der Waals surface area contributed by atoms with E-state index in [9.17, 15) is 4.79 Å². The van der Waals surface area contributed by atoms with Gasteiger partial charge in [-0.1, -0.05) is 64.8 Å². The van der Waals surface area contributed by atoms with E-state index in [0.29, 0.717) is 25.9 Å². The lowest BCUT2D eigenvalue weighted by Gasteiger charge is -2.11. The number of anilines is 1. The number of carbonyl (C=O) groups is 1. The first kappa shape index (κ1) is 20.0. The molecule has 0 atom stereocenters. The maximum atomic E-state index is 12.3. The average molecular weight is 442 g/mol. The molecule has 0 saturated heterocycles. The van der Waals surface area contributed by atoms with Crippen molar-refractivity contribution in [3.63, 3.8) is 0 Å². The number of aromatic nitrogens is 3. The van der Waals surface area contributed by atoms with Crippen molar-refractivity contribution in [2.45, 2.75) is 19.0 Å². The van der Waals surface area contributed by atoms with Crippen LogP contribution >= 0.6 is 46.6 Å². The van der Waals surface area contributed by atoms with Crippen molar-refractivity contribution in [2.75, 3.05) is 11.1 Å². The van der Waals surface area contributed by atoms with E-state index in [1.165, 1.54) is 23.9 Å². The van der Waals surface area contributed by atoms with Crippen molar-refractivity contribution >= 4 is 58.2 Å². The van der Waals surface area contributed by atoms with Gasteiger partial charge in [0, 0.05) is 0 Å². The van der Waals surface area contributed by atoms with E-state index in [4.69, 9.17) is 34.8 Å². The number of hydrogen-bond acceptors (Lipinski definition) is 4. The molecule has 140 valence electrons. The van der Waals surface area contributed by atoms with E-state index in [-0.39, 0.29) is 11.7 Å². The van der Waals surface area contributed by atoms with Crippen LogP contribution in [0.1, 0.15) is 11.4 Å². The Morgan fingerprint density at radius 3 is 2.52 bits per heavy atom. The molecule has 0 saturated carbocycles. The third-order valence-corrected chi connectivity index (χ3v) is 5.73. The zero-order chi connectivity index (χ0) is 19.6. The number of hydrogen-bond donors (Lipinski definition) is 1. The lowest BCUT2D eigenvalue weighted by Crippen LogP contribution is -2.15. The molecule has 1 heterocycles. The van der Waals surface area contributed by atoms with Crippen LogP contribution in [0.2, 0.25) is 15.1 Å². The zero-order valence-electron chi connectivity index (χ0n) is 14.5. The minimum absolute atomic E-state index is 0.139.